The van der Waals surface area contributed by atoms with Crippen LogP contribution in [0, 0.1) is 6.92 Å². The van der Waals surface area contributed by atoms with E-state index in [1.807, 2.05) is 12.1 Å². The van der Waals surface area contributed by atoms with Crippen LogP contribution >= 0.6 is 0 Å². The first-order chi connectivity index (χ1) is 10.9. The van der Waals surface area contributed by atoms with Gasteiger partial charge in [-0.1, -0.05) is 36.4 Å². The largest absolute Gasteiger partial charge is 0.416 e. The van der Waals surface area contributed by atoms with Gasteiger partial charge in [0.05, 0.1) is 5.56 Å². The molecule has 2 aromatic carbocycles. The van der Waals surface area contributed by atoms with Gasteiger partial charge in [-0.05, 0) is 49.1 Å². The van der Waals surface area contributed by atoms with Crippen LogP contribution in [0.3, 0.4) is 0 Å². The normalized spacial score (nSPS) is 10.4. The van der Waals surface area contributed by atoms with Gasteiger partial charge in [0.1, 0.15) is 6.29 Å². The molecule has 0 spiro atoms. The van der Waals surface area contributed by atoms with Crippen LogP contribution in [0.4, 0.5) is 13.2 Å². The number of alkyl halides is 3. The second kappa shape index (κ2) is 8.93. The second-order valence-electron chi connectivity index (χ2n) is 5.06. The van der Waals surface area contributed by atoms with E-state index >= 15 is 0 Å². The summed E-state index contributed by atoms with van der Waals surface area (Å²) in [5.74, 6) is 0. The van der Waals surface area contributed by atoms with Crippen molar-refractivity contribution < 1.29 is 18.0 Å². The van der Waals surface area contributed by atoms with Crippen LogP contribution in [-0.4, -0.2) is 6.29 Å². The van der Waals surface area contributed by atoms with Gasteiger partial charge in [0, 0.05) is 5.56 Å². The van der Waals surface area contributed by atoms with E-state index in [0.29, 0.717) is 11.8 Å². The Morgan fingerprint density at radius 3 is 2.26 bits per heavy atom. The first-order valence-electron chi connectivity index (χ1n) is 7.15. The zero-order valence-electron chi connectivity index (χ0n) is 12.9. The number of aryl methyl sites for hydroxylation is 2. The van der Waals surface area contributed by atoms with Crippen molar-refractivity contribution in [3.05, 3.63) is 83.4 Å². The van der Waals surface area contributed by atoms with Crippen molar-refractivity contribution in [3.63, 3.8) is 0 Å². The fourth-order valence-electron chi connectivity index (χ4n) is 1.96. The summed E-state index contributed by atoms with van der Waals surface area (Å²) in [5.41, 5.74) is 1.08. The summed E-state index contributed by atoms with van der Waals surface area (Å²) in [6.45, 7) is 5.19. The van der Waals surface area contributed by atoms with Crippen molar-refractivity contribution in [2.45, 2.75) is 25.9 Å². The molecular formula is C19H19F3O. The SMILES string of the molecule is C=CCCc1ccccc1.Cc1cc(C=O)cc(C(F)(F)F)c1. The lowest BCUT2D eigenvalue weighted by atomic mass is 10.1. The van der Waals surface area contributed by atoms with Crippen LogP contribution in [0.15, 0.2) is 61.2 Å². The Kier molecular flexibility index (Phi) is 7.26. The van der Waals surface area contributed by atoms with Crippen LogP contribution in [0.1, 0.15) is 33.5 Å². The van der Waals surface area contributed by atoms with Crippen molar-refractivity contribution in [1.29, 1.82) is 0 Å². The minimum atomic E-state index is -4.39. The Bertz CT molecular complexity index is 631. The maximum absolute atomic E-state index is 12.2. The van der Waals surface area contributed by atoms with Crippen molar-refractivity contribution in [3.8, 4) is 0 Å². The zero-order valence-corrected chi connectivity index (χ0v) is 12.9. The molecule has 0 aliphatic heterocycles. The second-order valence-corrected chi connectivity index (χ2v) is 5.06. The van der Waals surface area contributed by atoms with Crippen LogP contribution in [0.5, 0.6) is 0 Å². The standard InChI is InChI=1S/C10H12.C9H7F3O/c1-2-3-7-10-8-5-4-6-9-10;1-6-2-7(5-13)4-8(3-6)9(10,11)12/h2,4-6,8-9H,1,3,7H2;2-5H,1H3. The van der Waals surface area contributed by atoms with Gasteiger partial charge in [-0.3, -0.25) is 4.79 Å². The maximum atomic E-state index is 12.2. The van der Waals surface area contributed by atoms with E-state index in [-0.39, 0.29) is 5.56 Å². The molecule has 0 unspecified atom stereocenters. The fourth-order valence-corrected chi connectivity index (χ4v) is 1.96. The zero-order chi connectivity index (χ0) is 17.3. The molecule has 0 fully saturated rings. The van der Waals surface area contributed by atoms with Crippen molar-refractivity contribution in [2.75, 3.05) is 0 Å². The van der Waals surface area contributed by atoms with Crippen molar-refractivity contribution in [1.82, 2.24) is 0 Å². The maximum Gasteiger partial charge on any atom is 0.416 e. The number of carbonyl (C=O) groups is 1. The van der Waals surface area contributed by atoms with E-state index in [0.717, 1.165) is 25.0 Å². The molecule has 0 saturated heterocycles. The molecule has 4 heteroatoms. The molecule has 0 aliphatic carbocycles. The van der Waals surface area contributed by atoms with Gasteiger partial charge in [-0.15, -0.1) is 6.58 Å². The van der Waals surface area contributed by atoms with Crippen molar-refractivity contribution in [2.24, 2.45) is 0 Å². The Labute approximate surface area is 134 Å². The molecule has 0 atom stereocenters. The number of benzene rings is 2. The van der Waals surface area contributed by atoms with Crippen LogP contribution in [-0.2, 0) is 12.6 Å². The summed E-state index contributed by atoms with van der Waals surface area (Å²) in [7, 11) is 0. The van der Waals surface area contributed by atoms with Gasteiger partial charge >= 0.3 is 6.18 Å². The van der Waals surface area contributed by atoms with Crippen LogP contribution in [0.25, 0.3) is 0 Å². The summed E-state index contributed by atoms with van der Waals surface area (Å²) in [6, 6.07) is 13.7. The number of halogens is 3. The predicted octanol–water partition coefficient (Wildman–Crippen LogP) is 5.63. The van der Waals surface area contributed by atoms with Gasteiger partial charge in [0.25, 0.3) is 0 Å². The lowest BCUT2D eigenvalue weighted by molar-refractivity contribution is -0.137. The van der Waals surface area contributed by atoms with Gasteiger partial charge < -0.3 is 0 Å². The van der Waals surface area contributed by atoms with Gasteiger partial charge in [0.15, 0.2) is 0 Å². The first kappa shape index (κ1) is 18.7. The van der Waals surface area contributed by atoms with Crippen LogP contribution < -0.4 is 0 Å². The summed E-state index contributed by atoms with van der Waals surface area (Å²) >= 11 is 0. The lowest BCUT2D eigenvalue weighted by Gasteiger charge is -2.07. The lowest BCUT2D eigenvalue weighted by Crippen LogP contribution is -2.05. The summed E-state index contributed by atoms with van der Waals surface area (Å²) in [5, 5.41) is 0. The number of hydrogen-bond acceptors (Lipinski definition) is 1. The molecule has 2 rings (SSSR count). The van der Waals surface area contributed by atoms with E-state index in [1.54, 1.807) is 0 Å². The molecule has 23 heavy (non-hydrogen) atoms. The molecule has 0 N–H and O–H groups in total. The smallest absolute Gasteiger partial charge is 0.298 e. The topological polar surface area (TPSA) is 17.1 Å². The van der Waals surface area contributed by atoms with E-state index in [1.165, 1.54) is 18.6 Å². The molecule has 0 bridgehead atoms. The van der Waals surface area contributed by atoms with E-state index in [4.69, 9.17) is 0 Å². The minimum Gasteiger partial charge on any atom is -0.298 e. The predicted molar refractivity (Wildman–Crippen MR) is 86.5 cm³/mol. The van der Waals surface area contributed by atoms with Crippen molar-refractivity contribution >= 4 is 6.29 Å². The number of hydrogen-bond donors (Lipinski definition) is 0. The third-order valence-electron chi connectivity index (χ3n) is 3.04. The minimum absolute atomic E-state index is 0.0484. The third kappa shape index (κ3) is 6.96. The highest BCUT2D eigenvalue weighted by molar-refractivity contribution is 5.75. The molecule has 0 aromatic heterocycles. The molecule has 0 saturated carbocycles. The molecule has 1 nitrogen and oxygen atoms in total. The number of carbonyl (C=O) groups excluding carboxylic acids is 1. The molecule has 0 amide bonds. The Hall–Kier alpha value is -2.36. The molecular weight excluding hydrogens is 301 g/mol. The number of allylic oxidation sites excluding steroid dienone is 1. The number of rotatable bonds is 4. The highest BCUT2D eigenvalue weighted by Crippen LogP contribution is 2.30. The van der Waals surface area contributed by atoms with Crippen LogP contribution in [0.2, 0.25) is 0 Å². The molecule has 122 valence electrons. The molecule has 0 aliphatic rings. The van der Waals surface area contributed by atoms with E-state index in [2.05, 4.69) is 30.8 Å². The third-order valence-corrected chi connectivity index (χ3v) is 3.04. The number of aldehydes is 1. The van der Waals surface area contributed by atoms with E-state index < -0.39 is 11.7 Å². The average molecular weight is 320 g/mol. The fraction of sp³-hybridized carbons (Fsp3) is 0.211. The monoisotopic (exact) mass is 320 g/mol. The molecule has 2 aromatic rings. The molecule has 0 heterocycles. The Morgan fingerprint density at radius 1 is 1.09 bits per heavy atom. The first-order valence-corrected chi connectivity index (χ1v) is 7.15. The Balaban J connectivity index is 0.000000238. The summed E-state index contributed by atoms with van der Waals surface area (Å²) < 4.78 is 36.5. The van der Waals surface area contributed by atoms with Gasteiger partial charge in [0.2, 0.25) is 0 Å². The quantitative estimate of drug-likeness (QED) is 0.527. The average Bonchev–Trinajstić information content (AvgIpc) is 2.53. The molecule has 0 radical (unpaired) electrons. The summed E-state index contributed by atoms with van der Waals surface area (Å²) in [4.78, 5) is 10.3. The highest BCUT2D eigenvalue weighted by atomic mass is 19.4. The van der Waals surface area contributed by atoms with Gasteiger partial charge in [-0.2, -0.15) is 13.2 Å². The van der Waals surface area contributed by atoms with Gasteiger partial charge in [-0.25, -0.2) is 0 Å². The summed E-state index contributed by atoms with van der Waals surface area (Å²) in [6.07, 6.45) is 0.160. The Morgan fingerprint density at radius 2 is 1.74 bits per heavy atom. The highest BCUT2D eigenvalue weighted by Gasteiger charge is 2.30. The van der Waals surface area contributed by atoms with E-state index in [9.17, 15) is 18.0 Å².